The van der Waals surface area contributed by atoms with E-state index >= 15 is 0 Å². The second kappa shape index (κ2) is 13.5. The van der Waals surface area contributed by atoms with Crippen molar-refractivity contribution >= 4 is 33.2 Å². The molecule has 0 saturated carbocycles. The molecule has 1 saturated heterocycles. The second-order valence-corrected chi connectivity index (χ2v) is 8.38. The first-order valence-corrected chi connectivity index (χ1v) is 12.0. The lowest BCUT2D eigenvalue weighted by Gasteiger charge is -2.35. The largest absolute Gasteiger partial charge is 0.399 e. The molecule has 0 aromatic heterocycles. The highest BCUT2D eigenvalue weighted by Gasteiger charge is 2.16. The Bertz CT molecular complexity index is 969. The average molecular weight is 462 g/mol. The predicted octanol–water partition coefficient (Wildman–Crippen LogP) is 5.59. The van der Waals surface area contributed by atoms with Gasteiger partial charge in [-0.05, 0) is 17.7 Å². The first kappa shape index (κ1) is 26.2. The van der Waals surface area contributed by atoms with Crippen molar-refractivity contribution in [3.63, 3.8) is 0 Å². The summed E-state index contributed by atoms with van der Waals surface area (Å²) in [4.78, 5) is 4.81. The molecule has 1 aliphatic rings. The van der Waals surface area contributed by atoms with Gasteiger partial charge in [0.25, 0.3) is 0 Å². The van der Waals surface area contributed by atoms with E-state index in [1.807, 2.05) is 62.4 Å². The zero-order valence-corrected chi connectivity index (χ0v) is 20.5. The molecule has 0 bridgehead atoms. The number of nitrogens with zero attached hydrogens (tertiary/aromatic N) is 2. The summed E-state index contributed by atoms with van der Waals surface area (Å²) in [5.74, 6) is 0. The van der Waals surface area contributed by atoms with Crippen LogP contribution in [0.15, 0.2) is 79.9 Å². The molecule has 0 aliphatic carbocycles. The number of rotatable bonds is 7. The lowest BCUT2D eigenvalue weighted by atomic mass is 10.1. The zero-order chi connectivity index (χ0) is 24.2. The van der Waals surface area contributed by atoms with E-state index in [1.165, 1.54) is 5.69 Å². The zero-order valence-electron chi connectivity index (χ0n) is 19.7. The van der Waals surface area contributed by atoms with Crippen LogP contribution in [0.1, 0.15) is 30.5 Å². The molecule has 0 radical (unpaired) electrons. The number of benzene rings is 2. The van der Waals surface area contributed by atoms with E-state index in [0.717, 1.165) is 61.2 Å². The Balaban J connectivity index is 0.00000187. The summed E-state index contributed by atoms with van der Waals surface area (Å²) >= 11 is 1.15. The number of hydrogen-bond donors (Lipinski definition) is 3. The highest BCUT2D eigenvalue weighted by Crippen LogP contribution is 2.22. The maximum atomic E-state index is 8.40. The minimum Gasteiger partial charge on any atom is -0.399 e. The summed E-state index contributed by atoms with van der Waals surface area (Å²) in [5.41, 5.74) is 9.80. The Labute approximate surface area is 202 Å². The molecule has 5 nitrogen and oxygen atoms in total. The summed E-state index contributed by atoms with van der Waals surface area (Å²) in [6.07, 6.45) is 5.94. The van der Waals surface area contributed by atoms with Crippen molar-refractivity contribution in [3.05, 3.63) is 96.6 Å². The van der Waals surface area contributed by atoms with E-state index in [1.54, 1.807) is 0 Å². The summed E-state index contributed by atoms with van der Waals surface area (Å²) in [5, 5.41) is 17.4. The van der Waals surface area contributed by atoms with Gasteiger partial charge in [0.1, 0.15) is 10.1 Å². The van der Waals surface area contributed by atoms with Crippen LogP contribution in [0, 0.1) is 10.8 Å². The lowest BCUT2D eigenvalue weighted by Crippen LogP contribution is -2.46. The van der Waals surface area contributed by atoms with Gasteiger partial charge in [-0.25, -0.2) is 0 Å². The fourth-order valence-corrected chi connectivity index (χ4v) is 4.09. The monoisotopic (exact) mass is 461 g/mol. The van der Waals surface area contributed by atoms with Gasteiger partial charge in [-0.3, -0.25) is 15.7 Å². The Kier molecular flexibility index (Phi) is 10.7. The smallest absolute Gasteiger partial charge is 0.100 e. The van der Waals surface area contributed by atoms with Gasteiger partial charge in [-0.1, -0.05) is 93.4 Å². The van der Waals surface area contributed by atoms with Crippen LogP contribution in [-0.2, 0) is 0 Å². The van der Waals surface area contributed by atoms with Crippen LogP contribution in [-0.4, -0.2) is 47.7 Å². The molecule has 4 N–H and O–H groups in total. The fourth-order valence-electron chi connectivity index (χ4n) is 3.37. The van der Waals surface area contributed by atoms with Crippen molar-refractivity contribution in [1.82, 2.24) is 4.90 Å². The molecule has 0 unspecified atom stereocenters. The van der Waals surface area contributed by atoms with Gasteiger partial charge < -0.3 is 10.6 Å². The fraction of sp³-hybridized carbons (Fsp3) is 0.259. The van der Waals surface area contributed by atoms with E-state index in [9.17, 15) is 0 Å². The molecule has 1 aliphatic heterocycles. The first-order valence-electron chi connectivity index (χ1n) is 11.2. The second-order valence-electron chi connectivity index (χ2n) is 7.36. The van der Waals surface area contributed by atoms with E-state index in [0.29, 0.717) is 15.8 Å². The topological polar surface area (TPSA) is 80.2 Å². The molecule has 33 heavy (non-hydrogen) atoms. The summed E-state index contributed by atoms with van der Waals surface area (Å²) in [6, 6.07) is 15.5. The number of thioether (sulfide) groups is 1. The summed E-state index contributed by atoms with van der Waals surface area (Å²) in [6.45, 7) is 16.4. The Morgan fingerprint density at radius 3 is 1.88 bits per heavy atom. The number of allylic oxidation sites excluding steroid dienone is 2. The quantitative estimate of drug-likeness (QED) is 0.285. The Morgan fingerprint density at radius 2 is 1.39 bits per heavy atom. The van der Waals surface area contributed by atoms with Crippen molar-refractivity contribution in [2.24, 2.45) is 5.73 Å². The Morgan fingerprint density at radius 1 is 0.909 bits per heavy atom. The third-order valence-electron chi connectivity index (χ3n) is 5.22. The van der Waals surface area contributed by atoms with E-state index in [-0.39, 0.29) is 0 Å². The van der Waals surface area contributed by atoms with E-state index in [4.69, 9.17) is 16.6 Å². The molecule has 1 heterocycles. The standard InChI is InChI=1S/C25H29N5S.C2H6/c1-3-4-5-14-29-15-17-30(18-16-29)23-12-10-22(11-13-23)25(28)31-24(27)21-8-6-20(7-9-21)19(2)26;1-2/h3-13,27-28H,1-2,14-18,26H2;1-2H3/b5-4-,27-24?,28-25?;. The molecular formula is C27H35N5S. The SMILES string of the molecule is C=C/C=C\CN1CCN(c2ccc(C(=N)SC(=N)c3ccc(C(=C)N)cc3)cc2)CC1.CC. The predicted molar refractivity (Wildman–Crippen MR) is 147 cm³/mol. The van der Waals surface area contributed by atoms with Crippen molar-refractivity contribution in [2.45, 2.75) is 13.8 Å². The minimum absolute atomic E-state index is 0.338. The van der Waals surface area contributed by atoms with Crippen LogP contribution in [0.3, 0.4) is 0 Å². The van der Waals surface area contributed by atoms with Crippen LogP contribution in [0.25, 0.3) is 5.70 Å². The average Bonchev–Trinajstić information content (AvgIpc) is 2.86. The van der Waals surface area contributed by atoms with Crippen molar-refractivity contribution in [3.8, 4) is 0 Å². The molecule has 1 fully saturated rings. The van der Waals surface area contributed by atoms with Crippen molar-refractivity contribution < 1.29 is 0 Å². The first-order chi connectivity index (χ1) is 16.0. The van der Waals surface area contributed by atoms with Crippen molar-refractivity contribution in [2.75, 3.05) is 37.6 Å². The highest BCUT2D eigenvalue weighted by molar-refractivity contribution is 8.27. The molecule has 2 aromatic rings. The summed E-state index contributed by atoms with van der Waals surface area (Å²) < 4.78 is 0. The number of nitrogens with two attached hydrogens (primary N) is 1. The van der Waals surface area contributed by atoms with Gasteiger partial charge in [-0.2, -0.15) is 0 Å². The maximum absolute atomic E-state index is 8.40. The van der Waals surface area contributed by atoms with Crippen molar-refractivity contribution in [1.29, 1.82) is 10.8 Å². The van der Waals surface area contributed by atoms with Gasteiger partial charge >= 0.3 is 0 Å². The number of hydrogen-bond acceptors (Lipinski definition) is 6. The molecule has 3 rings (SSSR count). The third-order valence-corrected chi connectivity index (χ3v) is 6.10. The van der Waals surface area contributed by atoms with Gasteiger partial charge in [0, 0.05) is 55.2 Å². The molecule has 174 valence electrons. The van der Waals surface area contributed by atoms with Crippen LogP contribution in [0.5, 0.6) is 0 Å². The maximum Gasteiger partial charge on any atom is 0.100 e. The summed E-state index contributed by atoms with van der Waals surface area (Å²) in [7, 11) is 0. The van der Waals surface area contributed by atoms with Gasteiger partial charge in [-0.15, -0.1) is 0 Å². The molecule has 0 atom stereocenters. The van der Waals surface area contributed by atoms with Gasteiger partial charge in [0.15, 0.2) is 0 Å². The molecular weight excluding hydrogens is 426 g/mol. The molecule has 0 amide bonds. The molecule has 2 aromatic carbocycles. The van der Waals surface area contributed by atoms with Crippen LogP contribution >= 0.6 is 11.8 Å². The van der Waals surface area contributed by atoms with E-state index < -0.39 is 0 Å². The molecule has 6 heteroatoms. The highest BCUT2D eigenvalue weighted by atomic mass is 32.2. The Hall–Kier alpha value is -3.09. The third kappa shape index (κ3) is 7.77. The van der Waals surface area contributed by atoms with Gasteiger partial charge in [0.05, 0.1) is 0 Å². The number of nitrogens with one attached hydrogen (secondary N) is 2. The molecule has 0 spiro atoms. The van der Waals surface area contributed by atoms with Crippen LogP contribution < -0.4 is 10.6 Å². The minimum atomic E-state index is 0.338. The normalized spacial score (nSPS) is 13.8. The van der Waals surface area contributed by atoms with Gasteiger partial charge in [0.2, 0.25) is 0 Å². The van der Waals surface area contributed by atoms with Crippen LogP contribution in [0.2, 0.25) is 0 Å². The number of anilines is 1. The number of piperazine rings is 1. The van der Waals surface area contributed by atoms with Crippen LogP contribution in [0.4, 0.5) is 5.69 Å². The lowest BCUT2D eigenvalue weighted by molar-refractivity contribution is 0.284. The van der Waals surface area contributed by atoms with E-state index in [2.05, 4.69) is 41.2 Å².